The quantitative estimate of drug-likeness (QED) is 0.559. The van der Waals surface area contributed by atoms with Crippen LogP contribution in [0.1, 0.15) is 35.1 Å². The molecule has 0 atom stereocenters. The zero-order valence-electron chi connectivity index (χ0n) is 15.0. The predicted molar refractivity (Wildman–Crippen MR) is 100 cm³/mol. The Kier molecular flexibility index (Phi) is 4.46. The van der Waals surface area contributed by atoms with Gasteiger partial charge in [0.15, 0.2) is 0 Å². The fourth-order valence-corrected chi connectivity index (χ4v) is 3.27. The number of rotatable bonds is 3. The second kappa shape index (κ2) is 6.95. The van der Waals surface area contributed by atoms with E-state index in [2.05, 4.69) is 15.5 Å². The first-order valence-corrected chi connectivity index (χ1v) is 8.77. The minimum Gasteiger partial charge on any atom is -0.296 e. The van der Waals surface area contributed by atoms with Crippen LogP contribution in [0.5, 0.6) is 0 Å². The average molecular weight is 382 g/mol. The van der Waals surface area contributed by atoms with Crippen molar-refractivity contribution in [2.45, 2.75) is 26.3 Å². The molecule has 0 radical (unpaired) electrons. The zero-order chi connectivity index (χ0) is 19.8. The number of carbonyl (C=O) groups is 1. The third-order valence-electron chi connectivity index (χ3n) is 4.72. The highest BCUT2D eigenvalue weighted by Crippen LogP contribution is 2.16. The van der Waals surface area contributed by atoms with Crippen molar-refractivity contribution in [3.05, 3.63) is 75.3 Å². The van der Waals surface area contributed by atoms with Crippen LogP contribution >= 0.6 is 0 Å². The van der Waals surface area contributed by atoms with E-state index in [1.807, 2.05) is 0 Å². The van der Waals surface area contributed by atoms with Crippen molar-refractivity contribution >= 4 is 22.5 Å². The van der Waals surface area contributed by atoms with E-state index in [1.165, 1.54) is 25.1 Å². The van der Waals surface area contributed by atoms with Gasteiger partial charge in [-0.3, -0.25) is 14.2 Å². The molecule has 0 bridgehead atoms. The number of nitrogens with zero attached hydrogens (tertiary/aromatic N) is 3. The minimum absolute atomic E-state index is 0.0884. The summed E-state index contributed by atoms with van der Waals surface area (Å²) in [5.41, 5.74) is 3.26. The predicted octanol–water partition coefficient (Wildman–Crippen LogP) is 2.77. The third kappa shape index (κ3) is 3.17. The number of amides is 1. The van der Waals surface area contributed by atoms with Crippen LogP contribution in [0.2, 0.25) is 0 Å². The smallest absolute Gasteiger partial charge is 0.271 e. The van der Waals surface area contributed by atoms with E-state index in [0.29, 0.717) is 17.4 Å². The van der Waals surface area contributed by atoms with Gasteiger partial charge in [-0.2, -0.15) is 5.10 Å². The highest BCUT2D eigenvalue weighted by atomic mass is 19.1. The molecule has 0 spiro atoms. The Balaban J connectivity index is 1.60. The Bertz CT molecular complexity index is 1200. The highest BCUT2D eigenvalue weighted by Gasteiger charge is 2.17. The van der Waals surface area contributed by atoms with E-state index in [4.69, 9.17) is 0 Å². The molecule has 1 aliphatic heterocycles. The summed E-state index contributed by atoms with van der Waals surface area (Å²) in [4.78, 5) is 29.4. The molecule has 4 rings (SSSR count). The lowest BCUT2D eigenvalue weighted by Crippen LogP contribution is -2.22. The Morgan fingerprint density at radius 3 is 2.82 bits per heavy atom. The van der Waals surface area contributed by atoms with Gasteiger partial charge in [-0.05, 0) is 43.7 Å². The fraction of sp³-hybridized carbons (Fsp3) is 0.200. The zero-order valence-corrected chi connectivity index (χ0v) is 15.0. The highest BCUT2D eigenvalue weighted by molar-refractivity contribution is 6.01. The van der Waals surface area contributed by atoms with E-state index < -0.39 is 17.5 Å². The molecule has 1 aromatic heterocycles. The maximum Gasteiger partial charge on any atom is 0.271 e. The van der Waals surface area contributed by atoms with Crippen LogP contribution in [0.4, 0.5) is 8.78 Å². The average Bonchev–Trinajstić information content (AvgIpc) is 3.14. The normalized spacial score (nSPS) is 13.6. The Morgan fingerprint density at radius 2 is 2.04 bits per heavy atom. The number of hydrazone groups is 1. The van der Waals surface area contributed by atoms with Crippen molar-refractivity contribution in [3.8, 4) is 0 Å². The first-order chi connectivity index (χ1) is 13.4. The molecule has 28 heavy (non-hydrogen) atoms. The van der Waals surface area contributed by atoms with Gasteiger partial charge in [-0.1, -0.05) is 0 Å². The van der Waals surface area contributed by atoms with Crippen molar-refractivity contribution < 1.29 is 13.6 Å². The van der Waals surface area contributed by atoms with Crippen molar-refractivity contribution in [1.29, 1.82) is 0 Å². The van der Waals surface area contributed by atoms with Gasteiger partial charge in [-0.25, -0.2) is 19.2 Å². The van der Waals surface area contributed by atoms with Gasteiger partial charge in [0.25, 0.3) is 11.5 Å². The maximum atomic E-state index is 13.8. The van der Waals surface area contributed by atoms with Crippen LogP contribution in [0.3, 0.4) is 0 Å². The second-order valence-electron chi connectivity index (χ2n) is 6.58. The Labute approximate surface area is 158 Å². The molecule has 1 amide bonds. The number of halogens is 2. The summed E-state index contributed by atoms with van der Waals surface area (Å²) < 4.78 is 28.5. The molecular formula is C20H16F2N4O2. The van der Waals surface area contributed by atoms with Crippen molar-refractivity contribution in [3.63, 3.8) is 0 Å². The molecule has 2 aromatic carbocycles. The monoisotopic (exact) mass is 382 g/mol. The molecule has 0 aliphatic carbocycles. The standard InChI is InChI=1S/C20H16F2N4O2/c1-11(14-7-5-13(21)10-16(14)22)24-25-19(27)12-4-6-15-17(9-12)23-18-3-2-8-26(18)20(15)28/h4-7,9-10H,2-3,8H2,1H3,(H,25,27)/b24-11-. The number of fused-ring (bicyclic) bond motifs is 2. The molecular weight excluding hydrogens is 366 g/mol. The SMILES string of the molecule is C/C(=N/NC(=O)c1ccc2c(=O)n3c(nc2c1)CCC3)c1ccc(F)cc1F. The number of benzene rings is 2. The third-order valence-corrected chi connectivity index (χ3v) is 4.72. The van der Waals surface area contributed by atoms with Crippen LogP contribution in [-0.2, 0) is 13.0 Å². The van der Waals surface area contributed by atoms with E-state index in [9.17, 15) is 18.4 Å². The second-order valence-corrected chi connectivity index (χ2v) is 6.58. The summed E-state index contributed by atoms with van der Waals surface area (Å²) >= 11 is 0. The molecule has 2 heterocycles. The van der Waals surface area contributed by atoms with Gasteiger partial charge >= 0.3 is 0 Å². The van der Waals surface area contributed by atoms with Crippen LogP contribution in [0, 0.1) is 11.6 Å². The van der Waals surface area contributed by atoms with Crippen molar-refractivity contribution in [2.24, 2.45) is 5.10 Å². The number of hydrogen-bond donors (Lipinski definition) is 1. The summed E-state index contributed by atoms with van der Waals surface area (Å²) in [5, 5.41) is 4.34. The van der Waals surface area contributed by atoms with Crippen LogP contribution in [0.15, 0.2) is 46.3 Å². The molecule has 3 aromatic rings. The van der Waals surface area contributed by atoms with Gasteiger partial charge in [0.05, 0.1) is 16.6 Å². The Morgan fingerprint density at radius 1 is 1.21 bits per heavy atom. The van der Waals surface area contributed by atoms with Crippen molar-refractivity contribution in [1.82, 2.24) is 15.0 Å². The van der Waals surface area contributed by atoms with Crippen LogP contribution < -0.4 is 11.0 Å². The van der Waals surface area contributed by atoms with E-state index in [-0.39, 0.29) is 22.4 Å². The number of hydrogen-bond acceptors (Lipinski definition) is 4. The first kappa shape index (κ1) is 18.0. The van der Waals surface area contributed by atoms with Gasteiger partial charge in [0.2, 0.25) is 0 Å². The van der Waals surface area contributed by atoms with E-state index in [0.717, 1.165) is 30.8 Å². The number of carbonyl (C=O) groups excluding carboxylic acids is 1. The summed E-state index contributed by atoms with van der Waals surface area (Å²) in [7, 11) is 0. The molecule has 142 valence electrons. The molecule has 0 unspecified atom stereocenters. The van der Waals surface area contributed by atoms with Crippen LogP contribution in [-0.4, -0.2) is 21.2 Å². The van der Waals surface area contributed by atoms with Gasteiger partial charge in [-0.15, -0.1) is 0 Å². The summed E-state index contributed by atoms with van der Waals surface area (Å²) in [6, 6.07) is 7.75. The molecule has 1 aliphatic rings. The summed E-state index contributed by atoms with van der Waals surface area (Å²) in [5.74, 6) is -1.26. The lowest BCUT2D eigenvalue weighted by atomic mass is 10.1. The number of aromatic nitrogens is 2. The number of nitrogens with one attached hydrogen (secondary N) is 1. The lowest BCUT2D eigenvalue weighted by molar-refractivity contribution is 0.0955. The van der Waals surface area contributed by atoms with E-state index in [1.54, 1.807) is 10.6 Å². The molecule has 0 fully saturated rings. The summed E-state index contributed by atoms with van der Waals surface area (Å²) in [6.45, 7) is 2.16. The van der Waals surface area contributed by atoms with Gasteiger partial charge in [0, 0.05) is 30.2 Å². The molecule has 0 saturated carbocycles. The number of aryl methyl sites for hydroxylation is 1. The van der Waals surface area contributed by atoms with Gasteiger partial charge < -0.3 is 0 Å². The summed E-state index contributed by atoms with van der Waals surface area (Å²) in [6.07, 6.45) is 1.61. The topological polar surface area (TPSA) is 76.3 Å². The molecule has 6 nitrogen and oxygen atoms in total. The van der Waals surface area contributed by atoms with E-state index >= 15 is 0 Å². The Hall–Kier alpha value is -3.42. The van der Waals surface area contributed by atoms with Gasteiger partial charge in [0.1, 0.15) is 17.5 Å². The minimum atomic E-state index is -0.764. The fourth-order valence-electron chi connectivity index (χ4n) is 3.27. The lowest BCUT2D eigenvalue weighted by Gasteiger charge is -2.07. The maximum absolute atomic E-state index is 13.8. The molecule has 8 heteroatoms. The first-order valence-electron chi connectivity index (χ1n) is 8.77. The molecule has 0 saturated heterocycles. The largest absolute Gasteiger partial charge is 0.296 e. The molecule has 1 N–H and O–H groups in total. The van der Waals surface area contributed by atoms with Crippen molar-refractivity contribution in [2.75, 3.05) is 0 Å². The van der Waals surface area contributed by atoms with Crippen LogP contribution in [0.25, 0.3) is 10.9 Å².